The van der Waals surface area contributed by atoms with Gasteiger partial charge in [-0.3, -0.25) is 0 Å². The monoisotopic (exact) mass is 290 g/mol. The van der Waals surface area contributed by atoms with E-state index in [2.05, 4.69) is 15.3 Å². The molecule has 0 atom stereocenters. The molecule has 1 heterocycles. The topological polar surface area (TPSA) is 50.3 Å². The summed E-state index contributed by atoms with van der Waals surface area (Å²) in [6.45, 7) is 0. The number of hydrogen-bond acceptors (Lipinski definition) is 6. The van der Waals surface area contributed by atoms with Crippen LogP contribution in [0.2, 0.25) is 0 Å². The summed E-state index contributed by atoms with van der Waals surface area (Å²) in [5.74, 6) is 2.42. The lowest BCUT2D eigenvalue weighted by molar-refractivity contribution is 0.415. The molecule has 20 heavy (non-hydrogen) atoms. The summed E-state index contributed by atoms with van der Waals surface area (Å²) < 4.78 is 5.40. The molecule has 6 heteroatoms. The van der Waals surface area contributed by atoms with E-state index in [1.54, 1.807) is 7.11 Å². The zero-order valence-electron chi connectivity index (χ0n) is 12.0. The molecule has 5 nitrogen and oxygen atoms in total. The Kier molecular flexibility index (Phi) is 4.68. The molecular formula is C14H18N4OS. The maximum atomic E-state index is 5.40. The fraction of sp³-hybridized carbons (Fsp3) is 0.286. The minimum absolute atomic E-state index is 0.730. The lowest BCUT2D eigenvalue weighted by Gasteiger charge is -2.21. The van der Waals surface area contributed by atoms with Gasteiger partial charge in [0, 0.05) is 20.2 Å². The van der Waals surface area contributed by atoms with Crippen molar-refractivity contribution in [2.45, 2.75) is 5.16 Å². The second-order valence-electron chi connectivity index (χ2n) is 4.08. The number of hydrogen-bond donors (Lipinski definition) is 1. The molecule has 1 aromatic heterocycles. The van der Waals surface area contributed by atoms with E-state index in [1.807, 2.05) is 55.6 Å². The fourth-order valence-corrected chi connectivity index (χ4v) is 2.21. The second-order valence-corrected chi connectivity index (χ2v) is 4.85. The van der Waals surface area contributed by atoms with E-state index in [0.29, 0.717) is 0 Å². The molecule has 0 saturated carbocycles. The molecule has 2 rings (SSSR count). The molecule has 1 N–H and O–H groups in total. The van der Waals surface area contributed by atoms with Crippen LogP contribution in [0.3, 0.4) is 0 Å². The Morgan fingerprint density at radius 3 is 2.65 bits per heavy atom. The first-order valence-electron chi connectivity index (χ1n) is 6.17. The third kappa shape index (κ3) is 2.96. The summed E-state index contributed by atoms with van der Waals surface area (Å²) in [5, 5.41) is 3.78. The smallest absolute Gasteiger partial charge is 0.191 e. The summed E-state index contributed by atoms with van der Waals surface area (Å²) >= 11 is 1.51. The molecule has 1 aromatic carbocycles. The number of aromatic nitrogens is 2. The van der Waals surface area contributed by atoms with Crippen LogP contribution < -0.4 is 15.0 Å². The molecular weight excluding hydrogens is 272 g/mol. The highest BCUT2D eigenvalue weighted by molar-refractivity contribution is 7.98. The zero-order valence-corrected chi connectivity index (χ0v) is 12.9. The van der Waals surface area contributed by atoms with Crippen molar-refractivity contribution in [1.29, 1.82) is 0 Å². The maximum absolute atomic E-state index is 5.40. The Labute approximate surface area is 123 Å². The number of ether oxygens (including phenoxy) is 1. The van der Waals surface area contributed by atoms with Crippen molar-refractivity contribution >= 4 is 29.1 Å². The van der Waals surface area contributed by atoms with E-state index in [1.165, 1.54) is 11.8 Å². The van der Waals surface area contributed by atoms with Gasteiger partial charge >= 0.3 is 0 Å². The van der Waals surface area contributed by atoms with E-state index in [9.17, 15) is 0 Å². The van der Waals surface area contributed by atoms with Crippen molar-refractivity contribution in [3.8, 4) is 5.75 Å². The maximum Gasteiger partial charge on any atom is 0.191 e. The van der Waals surface area contributed by atoms with Crippen LogP contribution >= 0.6 is 11.8 Å². The van der Waals surface area contributed by atoms with Crippen LogP contribution in [0.5, 0.6) is 5.75 Å². The van der Waals surface area contributed by atoms with Gasteiger partial charge in [-0.1, -0.05) is 23.9 Å². The molecule has 0 aliphatic heterocycles. The van der Waals surface area contributed by atoms with Crippen LogP contribution in [0.15, 0.2) is 35.5 Å². The lowest BCUT2D eigenvalue weighted by atomic mass is 10.2. The average molecular weight is 290 g/mol. The first-order valence-corrected chi connectivity index (χ1v) is 7.39. The van der Waals surface area contributed by atoms with Crippen molar-refractivity contribution in [2.24, 2.45) is 0 Å². The number of benzene rings is 1. The minimum Gasteiger partial charge on any atom is -0.495 e. The first kappa shape index (κ1) is 14.5. The molecule has 0 unspecified atom stereocenters. The van der Waals surface area contributed by atoms with Gasteiger partial charge in [-0.25, -0.2) is 9.97 Å². The summed E-state index contributed by atoms with van der Waals surface area (Å²) in [6, 6.07) is 9.76. The van der Waals surface area contributed by atoms with Gasteiger partial charge in [-0.05, 0) is 18.4 Å². The van der Waals surface area contributed by atoms with Crippen LogP contribution in [0, 0.1) is 0 Å². The van der Waals surface area contributed by atoms with Gasteiger partial charge in [0.1, 0.15) is 17.4 Å². The van der Waals surface area contributed by atoms with E-state index in [0.717, 1.165) is 28.2 Å². The van der Waals surface area contributed by atoms with Crippen molar-refractivity contribution in [2.75, 3.05) is 37.7 Å². The zero-order chi connectivity index (χ0) is 14.5. The third-order valence-corrected chi connectivity index (χ3v) is 3.47. The Morgan fingerprint density at radius 1 is 1.25 bits per heavy atom. The van der Waals surface area contributed by atoms with Crippen LogP contribution in [-0.2, 0) is 0 Å². The quantitative estimate of drug-likeness (QED) is 0.675. The fourth-order valence-electron chi connectivity index (χ4n) is 1.83. The molecule has 0 bridgehead atoms. The number of nitrogens with one attached hydrogen (secondary N) is 1. The van der Waals surface area contributed by atoms with Crippen molar-refractivity contribution in [1.82, 2.24) is 9.97 Å². The van der Waals surface area contributed by atoms with Crippen LogP contribution in [0.4, 0.5) is 17.3 Å². The molecule has 0 radical (unpaired) electrons. The normalized spacial score (nSPS) is 10.2. The number of nitrogens with zero attached hydrogens (tertiary/aromatic N) is 3. The number of anilines is 3. The van der Waals surface area contributed by atoms with Gasteiger partial charge in [0.2, 0.25) is 0 Å². The molecule has 0 spiro atoms. The number of thioether (sulfide) groups is 1. The molecule has 106 valence electrons. The van der Waals surface area contributed by atoms with E-state index in [4.69, 9.17) is 4.74 Å². The molecule has 0 aliphatic carbocycles. The average Bonchev–Trinajstić information content (AvgIpc) is 2.53. The summed E-state index contributed by atoms with van der Waals surface area (Å²) in [6.07, 6.45) is 1.96. The molecule has 0 fully saturated rings. The van der Waals surface area contributed by atoms with Crippen LogP contribution in [-0.4, -0.2) is 37.4 Å². The Bertz CT molecular complexity index is 569. The summed E-state index contributed by atoms with van der Waals surface area (Å²) in [4.78, 5) is 10.9. The van der Waals surface area contributed by atoms with Crippen molar-refractivity contribution in [3.05, 3.63) is 30.3 Å². The SMILES string of the molecule is CNc1cc(N(C)c2ccccc2OC)nc(SC)n1. The minimum atomic E-state index is 0.730. The highest BCUT2D eigenvalue weighted by atomic mass is 32.2. The van der Waals surface area contributed by atoms with E-state index in [-0.39, 0.29) is 0 Å². The lowest BCUT2D eigenvalue weighted by Crippen LogP contribution is -2.13. The van der Waals surface area contributed by atoms with Gasteiger partial charge in [-0.2, -0.15) is 0 Å². The molecule has 0 aliphatic rings. The second kappa shape index (κ2) is 6.47. The third-order valence-electron chi connectivity index (χ3n) is 2.92. The van der Waals surface area contributed by atoms with Gasteiger partial charge in [0.15, 0.2) is 5.16 Å². The largest absolute Gasteiger partial charge is 0.495 e. The predicted molar refractivity (Wildman–Crippen MR) is 84.4 cm³/mol. The molecule has 0 saturated heterocycles. The van der Waals surface area contributed by atoms with Gasteiger partial charge in [0.25, 0.3) is 0 Å². The van der Waals surface area contributed by atoms with Crippen LogP contribution in [0.1, 0.15) is 0 Å². The predicted octanol–water partition coefficient (Wildman–Crippen LogP) is 3.02. The number of methoxy groups -OCH3 is 1. The van der Waals surface area contributed by atoms with Gasteiger partial charge in [0.05, 0.1) is 12.8 Å². The van der Waals surface area contributed by atoms with Crippen LogP contribution in [0.25, 0.3) is 0 Å². The number of para-hydroxylation sites is 2. The van der Waals surface area contributed by atoms with Gasteiger partial charge < -0.3 is 15.0 Å². The van der Waals surface area contributed by atoms with E-state index >= 15 is 0 Å². The first-order chi connectivity index (χ1) is 9.69. The Balaban J connectivity index is 2.44. The highest BCUT2D eigenvalue weighted by Gasteiger charge is 2.12. The van der Waals surface area contributed by atoms with Crippen molar-refractivity contribution < 1.29 is 4.74 Å². The van der Waals surface area contributed by atoms with E-state index < -0.39 is 0 Å². The Hall–Kier alpha value is -1.95. The van der Waals surface area contributed by atoms with Crippen molar-refractivity contribution in [3.63, 3.8) is 0 Å². The Morgan fingerprint density at radius 2 is 2.00 bits per heavy atom. The molecule has 2 aromatic rings. The molecule has 0 amide bonds. The summed E-state index contributed by atoms with van der Waals surface area (Å²) in [7, 11) is 5.47. The standard InChI is InChI=1S/C14H18N4OS/c1-15-12-9-13(17-14(16-12)20-4)18(2)10-7-5-6-8-11(10)19-3/h5-9H,1-4H3,(H,15,16,17). The highest BCUT2D eigenvalue weighted by Crippen LogP contribution is 2.32. The van der Waals surface area contributed by atoms with Gasteiger partial charge in [-0.15, -0.1) is 0 Å². The number of rotatable bonds is 5. The summed E-state index contributed by atoms with van der Waals surface area (Å²) in [5.41, 5.74) is 0.961.